The van der Waals surface area contributed by atoms with Gasteiger partial charge in [0.05, 0.1) is 31.5 Å². The number of para-hydroxylation sites is 1. The monoisotopic (exact) mass is 443 g/mol. The second-order valence-electron chi connectivity index (χ2n) is 6.68. The van der Waals surface area contributed by atoms with Gasteiger partial charge in [0.15, 0.2) is 0 Å². The molecular formula is C22H26BrN3O2. The Balaban J connectivity index is 0.00000225. The van der Waals surface area contributed by atoms with Crippen LogP contribution in [0.15, 0.2) is 54.6 Å². The van der Waals surface area contributed by atoms with Gasteiger partial charge in [-0.1, -0.05) is 18.2 Å². The van der Waals surface area contributed by atoms with Crippen LogP contribution in [0.3, 0.4) is 0 Å². The van der Waals surface area contributed by atoms with Crippen molar-refractivity contribution < 1.29 is 9.47 Å². The van der Waals surface area contributed by atoms with E-state index < -0.39 is 0 Å². The number of methoxy groups -OCH3 is 1. The summed E-state index contributed by atoms with van der Waals surface area (Å²) < 4.78 is 10.7. The number of benzene rings is 2. The number of pyridine rings is 1. The molecule has 1 aromatic heterocycles. The van der Waals surface area contributed by atoms with E-state index in [4.69, 9.17) is 14.5 Å². The Bertz CT molecular complexity index is 896. The van der Waals surface area contributed by atoms with E-state index in [-0.39, 0.29) is 17.0 Å². The Labute approximate surface area is 176 Å². The van der Waals surface area contributed by atoms with Gasteiger partial charge in [0.25, 0.3) is 0 Å². The molecule has 2 heterocycles. The highest BCUT2D eigenvalue weighted by Gasteiger charge is 2.11. The fourth-order valence-electron chi connectivity index (χ4n) is 3.40. The van der Waals surface area contributed by atoms with Gasteiger partial charge < -0.3 is 14.8 Å². The second-order valence-corrected chi connectivity index (χ2v) is 6.68. The van der Waals surface area contributed by atoms with Gasteiger partial charge in [0.1, 0.15) is 5.75 Å². The van der Waals surface area contributed by atoms with E-state index in [0.29, 0.717) is 0 Å². The highest BCUT2D eigenvalue weighted by atomic mass is 79.9. The summed E-state index contributed by atoms with van der Waals surface area (Å²) in [5.74, 6) is 0.850. The van der Waals surface area contributed by atoms with Crippen LogP contribution in [0.1, 0.15) is 0 Å². The lowest BCUT2D eigenvalue weighted by atomic mass is 10.1. The van der Waals surface area contributed by atoms with Gasteiger partial charge >= 0.3 is 0 Å². The van der Waals surface area contributed by atoms with Crippen LogP contribution in [-0.4, -0.2) is 56.4 Å². The molecule has 0 atom stereocenters. The number of ether oxygens (including phenoxy) is 2. The first-order chi connectivity index (χ1) is 13.3. The van der Waals surface area contributed by atoms with Gasteiger partial charge in [-0.05, 0) is 36.4 Å². The van der Waals surface area contributed by atoms with Crippen LogP contribution in [0.5, 0.6) is 5.75 Å². The number of halogens is 1. The standard InChI is InChI=1S/C22H25N3O2.BrH/c1-26-18-8-6-17(7-9-18)21-16-22(19-4-2-3-5-20(19)24-21)23-10-11-25-12-14-27-15-13-25;/h2-9,16H,10-15H2,1H3,(H,23,24);1H. The van der Waals surface area contributed by atoms with Gasteiger partial charge in [-0.3, -0.25) is 4.90 Å². The van der Waals surface area contributed by atoms with Crippen LogP contribution >= 0.6 is 17.0 Å². The topological polar surface area (TPSA) is 46.6 Å². The number of aromatic nitrogens is 1. The van der Waals surface area contributed by atoms with E-state index >= 15 is 0 Å². The molecule has 3 aromatic rings. The highest BCUT2D eigenvalue weighted by molar-refractivity contribution is 8.93. The first-order valence-electron chi connectivity index (χ1n) is 9.42. The van der Waals surface area contributed by atoms with E-state index in [1.54, 1.807) is 7.11 Å². The number of fused-ring (bicyclic) bond motifs is 1. The van der Waals surface area contributed by atoms with Crippen LogP contribution in [0, 0.1) is 0 Å². The summed E-state index contributed by atoms with van der Waals surface area (Å²) in [6.07, 6.45) is 0. The zero-order valence-electron chi connectivity index (χ0n) is 16.1. The van der Waals surface area contributed by atoms with Crippen molar-refractivity contribution >= 4 is 33.6 Å². The van der Waals surface area contributed by atoms with Crippen molar-refractivity contribution in [2.75, 3.05) is 51.8 Å². The third kappa shape index (κ3) is 4.82. The van der Waals surface area contributed by atoms with Gasteiger partial charge in [-0.25, -0.2) is 4.98 Å². The number of nitrogens with zero attached hydrogens (tertiary/aromatic N) is 2. The normalized spacial score (nSPS) is 14.5. The van der Waals surface area contributed by atoms with Crippen molar-refractivity contribution in [3.05, 3.63) is 54.6 Å². The van der Waals surface area contributed by atoms with E-state index in [9.17, 15) is 0 Å². The number of nitrogens with one attached hydrogen (secondary N) is 1. The molecule has 1 N–H and O–H groups in total. The summed E-state index contributed by atoms with van der Waals surface area (Å²) >= 11 is 0. The van der Waals surface area contributed by atoms with Crippen molar-refractivity contribution in [2.45, 2.75) is 0 Å². The van der Waals surface area contributed by atoms with Crippen molar-refractivity contribution in [1.29, 1.82) is 0 Å². The number of morpholine rings is 1. The summed E-state index contributed by atoms with van der Waals surface area (Å²) in [6, 6.07) is 18.5. The molecule has 0 bridgehead atoms. The van der Waals surface area contributed by atoms with Crippen LogP contribution in [0.2, 0.25) is 0 Å². The Morgan fingerprint density at radius 3 is 2.57 bits per heavy atom. The Morgan fingerprint density at radius 2 is 1.82 bits per heavy atom. The average Bonchev–Trinajstić information content (AvgIpc) is 2.74. The zero-order valence-corrected chi connectivity index (χ0v) is 17.8. The largest absolute Gasteiger partial charge is 0.497 e. The summed E-state index contributed by atoms with van der Waals surface area (Å²) in [7, 11) is 1.68. The third-order valence-electron chi connectivity index (χ3n) is 4.95. The molecule has 1 aliphatic heterocycles. The van der Waals surface area contributed by atoms with Crippen molar-refractivity contribution in [3.8, 4) is 17.0 Å². The maximum absolute atomic E-state index is 5.42. The molecule has 4 rings (SSSR count). The molecule has 0 spiro atoms. The summed E-state index contributed by atoms with van der Waals surface area (Å²) in [4.78, 5) is 7.29. The van der Waals surface area contributed by atoms with Crippen molar-refractivity contribution in [1.82, 2.24) is 9.88 Å². The molecule has 1 fully saturated rings. The number of hydrogen-bond acceptors (Lipinski definition) is 5. The lowest BCUT2D eigenvalue weighted by Crippen LogP contribution is -2.39. The lowest BCUT2D eigenvalue weighted by Gasteiger charge is -2.26. The van der Waals surface area contributed by atoms with E-state index in [1.165, 1.54) is 0 Å². The maximum atomic E-state index is 5.42. The number of hydrogen-bond donors (Lipinski definition) is 1. The quantitative estimate of drug-likeness (QED) is 0.617. The third-order valence-corrected chi connectivity index (χ3v) is 4.95. The molecule has 2 aromatic carbocycles. The fourth-order valence-corrected chi connectivity index (χ4v) is 3.40. The highest BCUT2D eigenvalue weighted by Crippen LogP contribution is 2.29. The van der Waals surface area contributed by atoms with Gasteiger partial charge in [0, 0.05) is 42.8 Å². The molecule has 0 unspecified atom stereocenters. The molecule has 6 heteroatoms. The van der Waals surface area contributed by atoms with Gasteiger partial charge in [-0.15, -0.1) is 17.0 Å². The number of anilines is 1. The van der Waals surface area contributed by atoms with Gasteiger partial charge in [0.2, 0.25) is 0 Å². The molecular weight excluding hydrogens is 418 g/mol. The second kappa shape index (κ2) is 9.87. The number of rotatable bonds is 6. The smallest absolute Gasteiger partial charge is 0.118 e. The summed E-state index contributed by atoms with van der Waals surface area (Å²) in [6.45, 7) is 5.60. The summed E-state index contributed by atoms with van der Waals surface area (Å²) in [5, 5.41) is 4.77. The van der Waals surface area contributed by atoms with Crippen molar-refractivity contribution in [2.24, 2.45) is 0 Å². The Kier molecular flexibility index (Phi) is 7.25. The van der Waals surface area contributed by atoms with E-state index in [1.807, 2.05) is 30.3 Å². The Morgan fingerprint density at radius 1 is 1.07 bits per heavy atom. The zero-order chi connectivity index (χ0) is 18.5. The van der Waals surface area contributed by atoms with Crippen LogP contribution < -0.4 is 10.1 Å². The molecule has 148 valence electrons. The van der Waals surface area contributed by atoms with E-state index in [0.717, 1.165) is 73.0 Å². The first-order valence-corrected chi connectivity index (χ1v) is 9.42. The minimum absolute atomic E-state index is 0. The molecule has 5 nitrogen and oxygen atoms in total. The molecule has 0 radical (unpaired) electrons. The fraction of sp³-hybridized carbons (Fsp3) is 0.318. The SMILES string of the molecule is Br.COc1ccc(-c2cc(NCCN3CCOCC3)c3ccccc3n2)cc1. The minimum Gasteiger partial charge on any atom is -0.497 e. The molecule has 1 saturated heterocycles. The predicted octanol–water partition coefficient (Wildman–Crippen LogP) is 4.23. The molecule has 28 heavy (non-hydrogen) atoms. The molecule has 1 aliphatic rings. The first kappa shape index (κ1) is 20.6. The van der Waals surface area contributed by atoms with Gasteiger partial charge in [-0.2, -0.15) is 0 Å². The molecule has 0 aliphatic carbocycles. The maximum Gasteiger partial charge on any atom is 0.118 e. The average molecular weight is 444 g/mol. The lowest BCUT2D eigenvalue weighted by molar-refractivity contribution is 0.0398. The minimum atomic E-state index is 0. The van der Waals surface area contributed by atoms with Crippen LogP contribution in [0.25, 0.3) is 22.2 Å². The Hall–Kier alpha value is -2.15. The van der Waals surface area contributed by atoms with Crippen LogP contribution in [-0.2, 0) is 4.74 Å². The molecule has 0 amide bonds. The molecule has 0 saturated carbocycles. The summed E-state index contributed by atoms with van der Waals surface area (Å²) in [5.41, 5.74) is 4.17. The van der Waals surface area contributed by atoms with Crippen molar-refractivity contribution in [3.63, 3.8) is 0 Å². The predicted molar refractivity (Wildman–Crippen MR) is 120 cm³/mol. The van der Waals surface area contributed by atoms with E-state index in [2.05, 4.69) is 34.5 Å². The van der Waals surface area contributed by atoms with Crippen LogP contribution in [0.4, 0.5) is 5.69 Å².